The predicted octanol–water partition coefficient (Wildman–Crippen LogP) is 3.48. The lowest BCUT2D eigenvalue weighted by Gasteiger charge is -2.26. The Morgan fingerprint density at radius 2 is 1.46 bits per heavy atom. The van der Waals surface area contributed by atoms with Gasteiger partial charge in [0.05, 0.1) is 12.6 Å². The average Bonchev–Trinajstić information content (AvgIpc) is 2.61. The van der Waals surface area contributed by atoms with Crippen LogP contribution in [0.25, 0.3) is 0 Å². The van der Waals surface area contributed by atoms with E-state index in [0.717, 1.165) is 11.1 Å². The summed E-state index contributed by atoms with van der Waals surface area (Å²) in [4.78, 5) is 24.7. The SMILES string of the molecule is CCOC(=O)C(C)(N)C(=O)NC(c1ccc(Cl)cc1)c1ccc(Cl)cc1. The molecule has 5 nitrogen and oxygen atoms in total. The van der Waals surface area contributed by atoms with Crippen molar-refractivity contribution in [2.45, 2.75) is 25.4 Å². The number of hydrogen-bond acceptors (Lipinski definition) is 4. The van der Waals surface area contributed by atoms with Crippen LogP contribution in [0.1, 0.15) is 31.0 Å². The van der Waals surface area contributed by atoms with E-state index in [1.807, 2.05) is 0 Å². The first kappa shape index (κ1) is 20.2. The lowest BCUT2D eigenvalue weighted by molar-refractivity contribution is -0.153. The highest BCUT2D eigenvalue weighted by Gasteiger charge is 2.39. The van der Waals surface area contributed by atoms with E-state index in [9.17, 15) is 9.59 Å². The van der Waals surface area contributed by atoms with Crippen LogP contribution in [0.2, 0.25) is 10.0 Å². The fraction of sp³-hybridized carbons (Fsp3) is 0.263. The van der Waals surface area contributed by atoms with Gasteiger partial charge in [0.1, 0.15) is 0 Å². The summed E-state index contributed by atoms with van der Waals surface area (Å²) in [6, 6.07) is 13.5. The van der Waals surface area contributed by atoms with Gasteiger partial charge in [-0.15, -0.1) is 0 Å². The summed E-state index contributed by atoms with van der Waals surface area (Å²) in [7, 11) is 0. The zero-order chi connectivity index (χ0) is 19.3. The molecule has 0 saturated carbocycles. The van der Waals surface area contributed by atoms with Crippen LogP contribution in [0, 0.1) is 0 Å². The van der Waals surface area contributed by atoms with Crippen molar-refractivity contribution in [1.29, 1.82) is 0 Å². The van der Waals surface area contributed by atoms with E-state index < -0.39 is 23.5 Å². The van der Waals surface area contributed by atoms with Gasteiger partial charge in [0.25, 0.3) is 5.91 Å². The maximum atomic E-state index is 12.7. The molecule has 1 amide bonds. The number of hydrogen-bond donors (Lipinski definition) is 2. The summed E-state index contributed by atoms with van der Waals surface area (Å²) >= 11 is 11.9. The molecule has 0 fully saturated rings. The molecule has 0 spiro atoms. The standard InChI is InChI=1S/C19H20Cl2N2O3/c1-3-26-18(25)19(2,22)17(24)23-16(12-4-8-14(20)9-5-12)13-6-10-15(21)11-7-13/h4-11,16H,3,22H2,1-2H3,(H,23,24). The molecule has 7 heteroatoms. The summed E-state index contributed by atoms with van der Waals surface area (Å²) in [5.41, 5.74) is 5.67. The van der Waals surface area contributed by atoms with Crippen LogP contribution in [0.5, 0.6) is 0 Å². The highest BCUT2D eigenvalue weighted by atomic mass is 35.5. The molecule has 138 valence electrons. The fourth-order valence-corrected chi connectivity index (χ4v) is 2.58. The molecule has 26 heavy (non-hydrogen) atoms. The number of halogens is 2. The molecule has 0 bridgehead atoms. The molecule has 0 aliphatic rings. The van der Waals surface area contributed by atoms with Crippen molar-refractivity contribution >= 4 is 35.1 Å². The van der Waals surface area contributed by atoms with Crippen LogP contribution in [-0.2, 0) is 14.3 Å². The minimum absolute atomic E-state index is 0.136. The van der Waals surface area contributed by atoms with Crippen LogP contribution in [-0.4, -0.2) is 24.0 Å². The fourth-order valence-electron chi connectivity index (χ4n) is 2.32. The van der Waals surface area contributed by atoms with Crippen molar-refractivity contribution in [3.05, 3.63) is 69.7 Å². The zero-order valence-corrected chi connectivity index (χ0v) is 16.0. The van der Waals surface area contributed by atoms with Crippen molar-refractivity contribution < 1.29 is 14.3 Å². The molecule has 2 aromatic carbocycles. The Labute approximate surface area is 162 Å². The molecule has 2 aromatic rings. The molecule has 0 aliphatic heterocycles. The summed E-state index contributed by atoms with van der Waals surface area (Å²) < 4.78 is 4.89. The minimum Gasteiger partial charge on any atom is -0.464 e. The highest BCUT2D eigenvalue weighted by Crippen LogP contribution is 2.25. The summed E-state index contributed by atoms with van der Waals surface area (Å²) in [5, 5.41) is 3.97. The number of esters is 1. The van der Waals surface area contributed by atoms with Gasteiger partial charge in [0, 0.05) is 10.0 Å². The zero-order valence-electron chi connectivity index (χ0n) is 14.5. The number of nitrogens with one attached hydrogen (secondary N) is 1. The molecule has 1 unspecified atom stereocenters. The lowest BCUT2D eigenvalue weighted by atomic mass is 9.96. The van der Waals surface area contributed by atoms with Gasteiger partial charge in [-0.3, -0.25) is 4.79 Å². The van der Waals surface area contributed by atoms with Gasteiger partial charge < -0.3 is 15.8 Å². The Morgan fingerprint density at radius 3 is 1.85 bits per heavy atom. The number of carbonyl (C=O) groups is 2. The third-order valence-electron chi connectivity index (χ3n) is 3.85. The van der Waals surface area contributed by atoms with Crippen LogP contribution < -0.4 is 11.1 Å². The Kier molecular flexibility index (Phi) is 6.64. The van der Waals surface area contributed by atoms with Gasteiger partial charge in [-0.25, -0.2) is 4.79 Å². The van der Waals surface area contributed by atoms with Gasteiger partial charge in [-0.2, -0.15) is 0 Å². The van der Waals surface area contributed by atoms with E-state index in [0.29, 0.717) is 10.0 Å². The molecule has 1 atom stereocenters. The van der Waals surface area contributed by atoms with Crippen LogP contribution in [0.3, 0.4) is 0 Å². The molecule has 2 rings (SSSR count). The van der Waals surface area contributed by atoms with Crippen molar-refractivity contribution in [3.63, 3.8) is 0 Å². The molecular formula is C19H20Cl2N2O3. The van der Waals surface area contributed by atoms with Gasteiger partial charge >= 0.3 is 5.97 Å². The van der Waals surface area contributed by atoms with E-state index >= 15 is 0 Å². The normalized spacial score (nSPS) is 13.2. The topological polar surface area (TPSA) is 81.4 Å². The van der Waals surface area contributed by atoms with E-state index in [4.69, 9.17) is 33.7 Å². The average molecular weight is 395 g/mol. The summed E-state index contributed by atoms with van der Waals surface area (Å²) in [6.45, 7) is 3.11. The number of carbonyl (C=O) groups excluding carboxylic acids is 2. The van der Waals surface area contributed by atoms with Crippen molar-refractivity contribution in [1.82, 2.24) is 5.32 Å². The van der Waals surface area contributed by atoms with Gasteiger partial charge in [-0.1, -0.05) is 47.5 Å². The number of amides is 1. The maximum absolute atomic E-state index is 12.7. The van der Waals surface area contributed by atoms with Crippen molar-refractivity contribution in [3.8, 4) is 0 Å². The minimum atomic E-state index is -1.81. The second kappa shape index (κ2) is 8.54. The molecule has 0 aromatic heterocycles. The van der Waals surface area contributed by atoms with Gasteiger partial charge in [-0.05, 0) is 49.2 Å². The first-order valence-electron chi connectivity index (χ1n) is 8.03. The second-order valence-electron chi connectivity index (χ2n) is 5.93. The Hall–Kier alpha value is -2.08. The van der Waals surface area contributed by atoms with E-state index in [-0.39, 0.29) is 6.61 Å². The Balaban J connectivity index is 2.35. The summed E-state index contributed by atoms with van der Waals surface area (Å²) in [5.74, 6) is -1.44. The Bertz CT molecular complexity index is 729. The molecule has 0 saturated heterocycles. The van der Waals surface area contributed by atoms with Gasteiger partial charge in [0.2, 0.25) is 0 Å². The summed E-state index contributed by atoms with van der Waals surface area (Å²) in [6.07, 6.45) is 0. The van der Waals surface area contributed by atoms with Crippen LogP contribution in [0.4, 0.5) is 0 Å². The second-order valence-corrected chi connectivity index (χ2v) is 6.81. The van der Waals surface area contributed by atoms with Crippen molar-refractivity contribution in [2.24, 2.45) is 5.73 Å². The first-order chi connectivity index (χ1) is 12.3. The molecular weight excluding hydrogens is 375 g/mol. The number of nitrogens with two attached hydrogens (primary N) is 1. The quantitative estimate of drug-likeness (QED) is 0.580. The predicted molar refractivity (Wildman–Crippen MR) is 102 cm³/mol. The largest absolute Gasteiger partial charge is 0.464 e. The molecule has 0 aliphatic carbocycles. The third kappa shape index (κ3) is 4.75. The Morgan fingerprint density at radius 1 is 1.04 bits per heavy atom. The van der Waals surface area contributed by atoms with Crippen LogP contribution >= 0.6 is 23.2 Å². The third-order valence-corrected chi connectivity index (χ3v) is 4.36. The van der Waals surface area contributed by atoms with E-state index in [1.165, 1.54) is 6.92 Å². The number of benzene rings is 2. The molecule has 0 radical (unpaired) electrons. The molecule has 3 N–H and O–H groups in total. The number of ether oxygens (including phenoxy) is 1. The monoisotopic (exact) mass is 394 g/mol. The maximum Gasteiger partial charge on any atom is 0.335 e. The first-order valence-corrected chi connectivity index (χ1v) is 8.79. The lowest BCUT2D eigenvalue weighted by Crippen LogP contribution is -2.58. The van der Waals surface area contributed by atoms with E-state index in [2.05, 4.69) is 5.32 Å². The highest BCUT2D eigenvalue weighted by molar-refractivity contribution is 6.30. The van der Waals surface area contributed by atoms with Crippen molar-refractivity contribution in [2.75, 3.05) is 6.61 Å². The van der Waals surface area contributed by atoms with Crippen LogP contribution in [0.15, 0.2) is 48.5 Å². The molecule has 0 heterocycles. The smallest absolute Gasteiger partial charge is 0.335 e. The van der Waals surface area contributed by atoms with Gasteiger partial charge in [0.15, 0.2) is 5.54 Å². The number of rotatable bonds is 6. The van der Waals surface area contributed by atoms with E-state index in [1.54, 1.807) is 55.5 Å².